The second kappa shape index (κ2) is 6.74. The summed E-state index contributed by atoms with van der Waals surface area (Å²) < 4.78 is 5.47. The van der Waals surface area contributed by atoms with Crippen LogP contribution in [-0.2, 0) is 12.0 Å². The van der Waals surface area contributed by atoms with Crippen LogP contribution in [0.2, 0.25) is 0 Å². The van der Waals surface area contributed by atoms with Gasteiger partial charge in [0.1, 0.15) is 11.6 Å². The fourth-order valence-electron chi connectivity index (χ4n) is 3.72. The number of aromatic amines is 1. The number of H-pyrrole nitrogens is 1. The Hall–Kier alpha value is -3.59. The zero-order chi connectivity index (χ0) is 20.9. The largest absolute Gasteiger partial charge is 0.414 e. The van der Waals surface area contributed by atoms with Crippen molar-refractivity contribution in [2.24, 2.45) is 0 Å². The Bertz CT molecular complexity index is 1240. The summed E-state index contributed by atoms with van der Waals surface area (Å²) in [5.41, 5.74) is 1.10. The SMILES string of the molecule is CC(C)(O)c1nnc(C(=O)N2CCc3[nH]cnc3[C@H]2c2cc3ccccc3cn2)o1. The molecule has 1 aromatic carbocycles. The summed E-state index contributed by atoms with van der Waals surface area (Å²) in [6, 6.07) is 9.41. The molecule has 1 amide bonds. The Balaban J connectivity index is 1.58. The number of carbonyl (C=O) groups is 1. The summed E-state index contributed by atoms with van der Waals surface area (Å²) in [6.07, 6.45) is 4.05. The van der Waals surface area contributed by atoms with Crippen LogP contribution in [0.5, 0.6) is 0 Å². The third kappa shape index (κ3) is 3.03. The molecule has 152 valence electrons. The quantitative estimate of drug-likeness (QED) is 0.538. The number of aliphatic hydroxyl groups is 1. The Morgan fingerprint density at radius 3 is 2.80 bits per heavy atom. The number of amides is 1. The van der Waals surface area contributed by atoms with Crippen molar-refractivity contribution in [2.45, 2.75) is 31.9 Å². The Kier molecular flexibility index (Phi) is 4.14. The number of carbonyl (C=O) groups excluding carboxylic acids is 1. The van der Waals surface area contributed by atoms with Crippen LogP contribution in [0.15, 0.2) is 47.3 Å². The first-order chi connectivity index (χ1) is 14.4. The second-order valence-corrected chi connectivity index (χ2v) is 7.85. The molecule has 4 aromatic rings. The van der Waals surface area contributed by atoms with Gasteiger partial charge in [-0.3, -0.25) is 9.78 Å². The maximum atomic E-state index is 13.3. The van der Waals surface area contributed by atoms with Crippen LogP contribution in [0.4, 0.5) is 0 Å². The van der Waals surface area contributed by atoms with Crippen LogP contribution in [0, 0.1) is 0 Å². The molecule has 2 N–H and O–H groups in total. The molecular formula is C21H20N6O3. The predicted molar refractivity (Wildman–Crippen MR) is 106 cm³/mol. The van der Waals surface area contributed by atoms with Crippen LogP contribution in [0.1, 0.15) is 53.5 Å². The lowest BCUT2D eigenvalue weighted by atomic mass is 9.98. The standard InChI is InChI=1S/C21H20N6O3/c1-21(2,29)20-26-25-18(30-20)19(28)27-8-7-14-16(24-11-23-14)17(27)15-9-12-5-3-4-6-13(12)10-22-15/h3-6,9-11,17,29H,7-8H2,1-2H3,(H,23,24)/t17-/m1/s1. The van der Waals surface area contributed by atoms with Crippen LogP contribution < -0.4 is 0 Å². The van der Waals surface area contributed by atoms with Crippen LogP contribution in [-0.4, -0.2) is 47.6 Å². The fraction of sp³-hybridized carbons (Fsp3) is 0.286. The number of pyridine rings is 1. The number of rotatable bonds is 3. The molecule has 0 aliphatic carbocycles. The molecule has 9 heteroatoms. The molecule has 0 radical (unpaired) electrons. The van der Waals surface area contributed by atoms with E-state index in [4.69, 9.17) is 4.42 Å². The Labute approximate surface area is 171 Å². The monoisotopic (exact) mass is 404 g/mol. The van der Waals surface area contributed by atoms with Crippen molar-refractivity contribution in [1.82, 2.24) is 30.0 Å². The minimum atomic E-state index is -1.33. The summed E-state index contributed by atoms with van der Waals surface area (Å²) >= 11 is 0. The van der Waals surface area contributed by atoms with E-state index in [1.165, 1.54) is 13.8 Å². The normalized spacial score (nSPS) is 16.6. The van der Waals surface area contributed by atoms with Gasteiger partial charge in [0.25, 0.3) is 0 Å². The number of hydrogen-bond donors (Lipinski definition) is 2. The van der Waals surface area contributed by atoms with Crippen LogP contribution in [0.3, 0.4) is 0 Å². The van der Waals surface area contributed by atoms with Crippen molar-refractivity contribution < 1.29 is 14.3 Å². The smallest absolute Gasteiger partial charge is 0.312 e. The van der Waals surface area contributed by atoms with Gasteiger partial charge in [-0.15, -0.1) is 10.2 Å². The topological polar surface area (TPSA) is 121 Å². The number of hydrogen-bond acceptors (Lipinski definition) is 7. The lowest BCUT2D eigenvalue weighted by Gasteiger charge is -2.33. The molecule has 1 atom stereocenters. The highest BCUT2D eigenvalue weighted by Crippen LogP contribution is 2.34. The van der Waals surface area contributed by atoms with Crippen molar-refractivity contribution >= 4 is 16.7 Å². The van der Waals surface area contributed by atoms with Gasteiger partial charge in [-0.05, 0) is 25.3 Å². The number of nitrogens with one attached hydrogen (secondary N) is 1. The second-order valence-electron chi connectivity index (χ2n) is 7.85. The third-order valence-corrected chi connectivity index (χ3v) is 5.25. The third-order valence-electron chi connectivity index (χ3n) is 5.25. The van der Waals surface area contributed by atoms with Crippen molar-refractivity contribution in [3.05, 3.63) is 71.7 Å². The van der Waals surface area contributed by atoms with Gasteiger partial charge in [-0.2, -0.15) is 0 Å². The molecule has 5 rings (SSSR count). The minimum Gasteiger partial charge on any atom is -0.414 e. The summed E-state index contributed by atoms with van der Waals surface area (Å²) in [6.45, 7) is 3.48. The van der Waals surface area contributed by atoms with E-state index >= 15 is 0 Å². The summed E-state index contributed by atoms with van der Waals surface area (Å²) in [5.74, 6) is -0.604. The molecule has 4 heterocycles. The van der Waals surface area contributed by atoms with E-state index in [-0.39, 0.29) is 11.8 Å². The first-order valence-electron chi connectivity index (χ1n) is 9.66. The van der Waals surface area contributed by atoms with E-state index in [1.54, 1.807) is 17.4 Å². The minimum absolute atomic E-state index is 0.0105. The molecule has 30 heavy (non-hydrogen) atoms. The fourth-order valence-corrected chi connectivity index (χ4v) is 3.72. The maximum absolute atomic E-state index is 13.3. The molecule has 9 nitrogen and oxygen atoms in total. The van der Waals surface area contributed by atoms with Crippen molar-refractivity contribution in [3.8, 4) is 0 Å². The van der Waals surface area contributed by atoms with Crippen LogP contribution >= 0.6 is 0 Å². The summed E-state index contributed by atoms with van der Waals surface area (Å²) in [5, 5.41) is 19.8. The maximum Gasteiger partial charge on any atom is 0.312 e. The number of benzene rings is 1. The highest BCUT2D eigenvalue weighted by Gasteiger charge is 2.38. The molecule has 0 saturated heterocycles. The van der Waals surface area contributed by atoms with Gasteiger partial charge in [-0.1, -0.05) is 24.3 Å². The van der Waals surface area contributed by atoms with E-state index in [0.29, 0.717) is 18.7 Å². The zero-order valence-electron chi connectivity index (χ0n) is 16.5. The summed E-state index contributed by atoms with van der Waals surface area (Å²) in [4.78, 5) is 27.2. The lowest BCUT2D eigenvalue weighted by molar-refractivity contribution is 0.0440. The first-order valence-corrected chi connectivity index (χ1v) is 9.66. The molecule has 0 bridgehead atoms. The van der Waals surface area contributed by atoms with Crippen molar-refractivity contribution in [2.75, 3.05) is 6.54 Å². The molecular weight excluding hydrogens is 384 g/mol. The van der Waals surface area contributed by atoms with Gasteiger partial charge >= 0.3 is 11.8 Å². The Morgan fingerprint density at radius 2 is 2.03 bits per heavy atom. The summed E-state index contributed by atoms with van der Waals surface area (Å²) in [7, 11) is 0. The van der Waals surface area contributed by atoms with Gasteiger partial charge in [0.05, 0.1) is 17.7 Å². The van der Waals surface area contributed by atoms with Gasteiger partial charge < -0.3 is 19.4 Å². The van der Waals surface area contributed by atoms with Gasteiger partial charge in [0.15, 0.2) is 0 Å². The van der Waals surface area contributed by atoms with Crippen molar-refractivity contribution in [1.29, 1.82) is 0 Å². The van der Waals surface area contributed by atoms with E-state index in [2.05, 4.69) is 25.1 Å². The molecule has 1 aliphatic heterocycles. The number of fused-ring (bicyclic) bond motifs is 2. The molecule has 3 aromatic heterocycles. The number of nitrogens with zero attached hydrogens (tertiary/aromatic N) is 5. The highest BCUT2D eigenvalue weighted by atomic mass is 16.4. The molecule has 0 saturated carbocycles. The molecule has 0 fully saturated rings. The van der Waals surface area contributed by atoms with E-state index < -0.39 is 17.6 Å². The zero-order valence-corrected chi connectivity index (χ0v) is 16.5. The first kappa shape index (κ1) is 18.4. The van der Waals surface area contributed by atoms with E-state index in [9.17, 15) is 9.90 Å². The predicted octanol–water partition coefficient (Wildman–Crippen LogP) is 2.36. The molecule has 0 unspecified atom stereocenters. The molecule has 0 spiro atoms. The lowest BCUT2D eigenvalue weighted by Crippen LogP contribution is -2.41. The van der Waals surface area contributed by atoms with E-state index in [1.807, 2.05) is 30.3 Å². The van der Waals surface area contributed by atoms with Gasteiger partial charge in [0, 0.05) is 30.2 Å². The highest BCUT2D eigenvalue weighted by molar-refractivity contribution is 5.90. The number of aromatic nitrogens is 5. The van der Waals surface area contributed by atoms with Crippen LogP contribution in [0.25, 0.3) is 10.8 Å². The molecule has 1 aliphatic rings. The van der Waals surface area contributed by atoms with Crippen molar-refractivity contribution in [3.63, 3.8) is 0 Å². The average molecular weight is 404 g/mol. The van der Waals surface area contributed by atoms with Gasteiger partial charge in [0.2, 0.25) is 5.89 Å². The number of imidazole rings is 1. The van der Waals surface area contributed by atoms with Gasteiger partial charge in [-0.25, -0.2) is 4.98 Å². The Morgan fingerprint density at radius 1 is 1.23 bits per heavy atom. The van der Waals surface area contributed by atoms with E-state index in [0.717, 1.165) is 22.2 Å². The average Bonchev–Trinajstić information content (AvgIpc) is 3.41.